The van der Waals surface area contributed by atoms with Gasteiger partial charge in [0, 0.05) is 18.3 Å². The van der Waals surface area contributed by atoms with Gasteiger partial charge in [0.2, 0.25) is 5.91 Å². The number of rotatable bonds is 7. The number of benzene rings is 2. The summed E-state index contributed by atoms with van der Waals surface area (Å²) in [5.41, 5.74) is 3.78. The van der Waals surface area contributed by atoms with Crippen molar-refractivity contribution in [3.63, 3.8) is 0 Å². The fourth-order valence-corrected chi connectivity index (χ4v) is 3.43. The Morgan fingerprint density at radius 2 is 1.70 bits per heavy atom. The van der Waals surface area contributed by atoms with Gasteiger partial charge in [-0.3, -0.25) is 4.79 Å². The fourth-order valence-electron chi connectivity index (χ4n) is 2.44. The van der Waals surface area contributed by atoms with Crippen molar-refractivity contribution in [1.29, 1.82) is 0 Å². The molecule has 0 saturated carbocycles. The quantitative estimate of drug-likeness (QED) is 0.737. The summed E-state index contributed by atoms with van der Waals surface area (Å²) in [7, 11) is 0. The van der Waals surface area contributed by atoms with Crippen LogP contribution in [-0.2, 0) is 17.1 Å². The minimum Gasteiger partial charge on any atom is -0.335 e. The van der Waals surface area contributed by atoms with Crippen LogP contribution in [0.1, 0.15) is 30.5 Å². The van der Waals surface area contributed by atoms with Crippen molar-refractivity contribution in [3.8, 4) is 0 Å². The molecule has 0 saturated heterocycles. The summed E-state index contributed by atoms with van der Waals surface area (Å²) in [5, 5.41) is 0. The van der Waals surface area contributed by atoms with Gasteiger partial charge in [-0.2, -0.15) is 0 Å². The Hall–Kier alpha value is -1.74. The molecule has 2 nitrogen and oxygen atoms in total. The maximum Gasteiger partial charge on any atom is 0.233 e. The normalized spacial score (nSPS) is 10.8. The lowest BCUT2D eigenvalue weighted by atomic mass is 10.1. The van der Waals surface area contributed by atoms with Gasteiger partial charge in [-0.1, -0.05) is 54.6 Å². The minimum atomic E-state index is 0.210. The number of carbonyl (C=O) groups excluding carboxylic acids is 1. The highest BCUT2D eigenvalue weighted by Crippen LogP contribution is 2.17. The van der Waals surface area contributed by atoms with E-state index in [2.05, 4.69) is 57.2 Å². The number of nitrogens with zero attached hydrogens (tertiary/aromatic N) is 1. The van der Waals surface area contributed by atoms with Gasteiger partial charge in [0.25, 0.3) is 0 Å². The molecule has 0 radical (unpaired) electrons. The summed E-state index contributed by atoms with van der Waals surface area (Å²) < 4.78 is 0. The summed E-state index contributed by atoms with van der Waals surface area (Å²) in [6, 6.07) is 18.8. The molecular weight excluding hydrogens is 302 g/mol. The van der Waals surface area contributed by atoms with Crippen molar-refractivity contribution in [3.05, 3.63) is 71.3 Å². The molecule has 0 aliphatic carbocycles. The fraction of sp³-hybridized carbons (Fsp3) is 0.350. The molecule has 0 aliphatic rings. The van der Waals surface area contributed by atoms with Gasteiger partial charge in [0.1, 0.15) is 0 Å². The highest BCUT2D eigenvalue weighted by Gasteiger charge is 2.17. The summed E-state index contributed by atoms with van der Waals surface area (Å²) in [5.74, 6) is 1.62. The van der Waals surface area contributed by atoms with Crippen LogP contribution in [0, 0.1) is 6.92 Å². The molecule has 0 N–H and O–H groups in total. The van der Waals surface area contributed by atoms with Gasteiger partial charge in [0.05, 0.1) is 5.75 Å². The topological polar surface area (TPSA) is 20.3 Å². The Morgan fingerprint density at radius 3 is 2.35 bits per heavy atom. The molecule has 0 aromatic heterocycles. The third-order valence-electron chi connectivity index (χ3n) is 3.88. The highest BCUT2D eigenvalue weighted by atomic mass is 32.2. The van der Waals surface area contributed by atoms with Crippen LogP contribution < -0.4 is 0 Å². The summed E-state index contributed by atoms with van der Waals surface area (Å²) in [6.07, 6.45) is 0. The van der Waals surface area contributed by atoms with E-state index in [-0.39, 0.29) is 11.9 Å². The average molecular weight is 327 g/mol. The van der Waals surface area contributed by atoms with Crippen molar-refractivity contribution in [2.45, 2.75) is 39.1 Å². The van der Waals surface area contributed by atoms with Crippen LogP contribution in [0.3, 0.4) is 0 Å². The summed E-state index contributed by atoms with van der Waals surface area (Å²) in [6.45, 7) is 6.95. The van der Waals surface area contributed by atoms with Crippen LogP contribution in [-0.4, -0.2) is 22.6 Å². The molecule has 0 spiro atoms. The summed E-state index contributed by atoms with van der Waals surface area (Å²) >= 11 is 1.69. The second kappa shape index (κ2) is 8.78. The average Bonchev–Trinajstić information content (AvgIpc) is 2.55. The second-order valence-corrected chi connectivity index (χ2v) is 7.01. The van der Waals surface area contributed by atoms with Crippen LogP contribution in [0.4, 0.5) is 0 Å². The Morgan fingerprint density at radius 1 is 1.04 bits per heavy atom. The van der Waals surface area contributed by atoms with Gasteiger partial charge in [0.15, 0.2) is 0 Å². The molecule has 2 aromatic rings. The molecular formula is C20H25NOS. The zero-order valence-corrected chi connectivity index (χ0v) is 15.0. The lowest BCUT2D eigenvalue weighted by molar-refractivity contribution is -0.130. The monoisotopic (exact) mass is 327 g/mol. The van der Waals surface area contributed by atoms with E-state index >= 15 is 0 Å². The molecule has 0 aliphatic heterocycles. The molecule has 0 bridgehead atoms. The number of amides is 1. The first-order chi connectivity index (χ1) is 11.1. The van der Waals surface area contributed by atoms with E-state index in [9.17, 15) is 4.79 Å². The molecule has 122 valence electrons. The van der Waals surface area contributed by atoms with Crippen LogP contribution in [0.5, 0.6) is 0 Å². The van der Waals surface area contributed by atoms with E-state index in [4.69, 9.17) is 0 Å². The largest absolute Gasteiger partial charge is 0.335 e. The van der Waals surface area contributed by atoms with Crippen LogP contribution in [0.2, 0.25) is 0 Å². The maximum atomic E-state index is 12.6. The third kappa shape index (κ3) is 5.43. The summed E-state index contributed by atoms with van der Waals surface area (Å²) in [4.78, 5) is 14.5. The molecule has 0 heterocycles. The Labute approximate surface area is 143 Å². The molecule has 1 amide bonds. The van der Waals surface area contributed by atoms with Crippen molar-refractivity contribution in [2.24, 2.45) is 0 Å². The Bertz CT molecular complexity index is 625. The number of thioether (sulfide) groups is 1. The zero-order chi connectivity index (χ0) is 16.7. The lowest BCUT2D eigenvalue weighted by Crippen LogP contribution is -2.37. The number of aryl methyl sites for hydroxylation is 1. The second-order valence-electron chi connectivity index (χ2n) is 6.02. The number of hydrogen-bond acceptors (Lipinski definition) is 2. The highest BCUT2D eigenvalue weighted by molar-refractivity contribution is 7.99. The maximum absolute atomic E-state index is 12.6. The SMILES string of the molecule is Cc1ccccc1CSCC(=O)N(Cc1ccccc1)C(C)C. The van der Waals surface area contributed by atoms with E-state index in [0.29, 0.717) is 12.3 Å². The van der Waals surface area contributed by atoms with Crippen LogP contribution >= 0.6 is 11.8 Å². The number of hydrogen-bond donors (Lipinski definition) is 0. The van der Waals surface area contributed by atoms with Gasteiger partial charge in [-0.05, 0) is 37.5 Å². The Kier molecular flexibility index (Phi) is 6.72. The number of carbonyl (C=O) groups is 1. The molecule has 3 heteroatoms. The predicted molar refractivity (Wildman–Crippen MR) is 99.5 cm³/mol. The predicted octanol–water partition coefficient (Wildman–Crippen LogP) is 4.67. The molecule has 2 rings (SSSR count). The van der Waals surface area contributed by atoms with Crippen molar-refractivity contribution < 1.29 is 4.79 Å². The van der Waals surface area contributed by atoms with Gasteiger partial charge in [-0.25, -0.2) is 0 Å². The molecule has 0 atom stereocenters. The van der Waals surface area contributed by atoms with Gasteiger partial charge < -0.3 is 4.90 Å². The van der Waals surface area contributed by atoms with Gasteiger partial charge >= 0.3 is 0 Å². The van der Waals surface area contributed by atoms with E-state index < -0.39 is 0 Å². The molecule has 23 heavy (non-hydrogen) atoms. The first-order valence-electron chi connectivity index (χ1n) is 8.03. The van der Waals surface area contributed by atoms with Crippen LogP contribution in [0.15, 0.2) is 54.6 Å². The lowest BCUT2D eigenvalue weighted by Gasteiger charge is -2.27. The van der Waals surface area contributed by atoms with E-state index in [0.717, 1.165) is 5.75 Å². The third-order valence-corrected chi connectivity index (χ3v) is 4.85. The van der Waals surface area contributed by atoms with E-state index in [1.165, 1.54) is 16.7 Å². The van der Waals surface area contributed by atoms with Crippen LogP contribution in [0.25, 0.3) is 0 Å². The van der Waals surface area contributed by atoms with Crippen molar-refractivity contribution in [2.75, 3.05) is 5.75 Å². The van der Waals surface area contributed by atoms with E-state index in [1.807, 2.05) is 23.1 Å². The smallest absolute Gasteiger partial charge is 0.233 e. The zero-order valence-electron chi connectivity index (χ0n) is 14.2. The standard InChI is InChI=1S/C20H25NOS/c1-16(2)21(13-18-10-5-4-6-11-18)20(22)15-23-14-19-12-8-7-9-17(19)3/h4-12,16H,13-15H2,1-3H3. The van der Waals surface area contributed by atoms with Crippen molar-refractivity contribution >= 4 is 17.7 Å². The minimum absolute atomic E-state index is 0.210. The molecule has 2 aromatic carbocycles. The van der Waals surface area contributed by atoms with Gasteiger partial charge in [-0.15, -0.1) is 11.8 Å². The van der Waals surface area contributed by atoms with Crippen molar-refractivity contribution in [1.82, 2.24) is 4.90 Å². The molecule has 0 unspecified atom stereocenters. The first-order valence-corrected chi connectivity index (χ1v) is 9.19. The first kappa shape index (κ1) is 17.6. The Balaban J connectivity index is 1.90. The van der Waals surface area contributed by atoms with E-state index in [1.54, 1.807) is 11.8 Å². The molecule has 0 fully saturated rings.